The Labute approximate surface area is 166 Å². The van der Waals surface area contributed by atoms with Gasteiger partial charge >= 0.3 is 0 Å². The highest BCUT2D eigenvalue weighted by Gasteiger charge is 2.39. The number of aromatic nitrogens is 2. The Kier molecular flexibility index (Phi) is 5.13. The lowest BCUT2D eigenvalue weighted by Crippen LogP contribution is -2.54. The largest absolute Gasteiger partial charge is 0.390 e. The first-order chi connectivity index (χ1) is 12.9. The summed E-state index contributed by atoms with van der Waals surface area (Å²) in [5.41, 5.74) is 0.985. The molecule has 0 spiro atoms. The van der Waals surface area contributed by atoms with Gasteiger partial charge in [-0.25, -0.2) is 4.68 Å². The summed E-state index contributed by atoms with van der Waals surface area (Å²) in [5.74, 6) is -0.134. The van der Waals surface area contributed by atoms with Gasteiger partial charge in [0.1, 0.15) is 6.54 Å². The molecule has 0 saturated heterocycles. The van der Waals surface area contributed by atoms with E-state index < -0.39 is 5.60 Å². The number of amides is 1. The first-order valence-corrected chi connectivity index (χ1v) is 9.94. The molecule has 6 heteroatoms. The van der Waals surface area contributed by atoms with Gasteiger partial charge in [0.05, 0.1) is 16.7 Å². The minimum atomic E-state index is -0.703. The second-order valence-electron chi connectivity index (χ2n) is 9.68. The van der Waals surface area contributed by atoms with Gasteiger partial charge in [0, 0.05) is 11.4 Å². The quantitative estimate of drug-likeness (QED) is 0.848. The molecule has 1 aliphatic carbocycles. The fourth-order valence-electron chi connectivity index (χ4n) is 3.82. The Morgan fingerprint density at radius 1 is 1.32 bits per heavy atom. The molecule has 152 valence electrons. The van der Waals surface area contributed by atoms with Gasteiger partial charge in [0.25, 0.3) is 5.56 Å². The molecule has 3 rings (SSSR count). The number of benzene rings is 1. The van der Waals surface area contributed by atoms with E-state index in [1.54, 1.807) is 6.92 Å². The van der Waals surface area contributed by atoms with Gasteiger partial charge in [-0.1, -0.05) is 40.7 Å². The molecule has 1 aromatic carbocycles. The maximum absolute atomic E-state index is 13.0. The van der Waals surface area contributed by atoms with Crippen LogP contribution in [-0.4, -0.2) is 32.4 Å². The van der Waals surface area contributed by atoms with E-state index in [-0.39, 0.29) is 35.4 Å². The van der Waals surface area contributed by atoms with Crippen molar-refractivity contribution in [2.24, 2.45) is 0 Å². The Morgan fingerprint density at radius 3 is 2.50 bits per heavy atom. The van der Waals surface area contributed by atoms with Crippen LogP contribution in [-0.2, 0) is 16.8 Å². The zero-order valence-electron chi connectivity index (χ0n) is 17.7. The van der Waals surface area contributed by atoms with E-state index in [9.17, 15) is 14.7 Å². The molecule has 0 atom stereocenters. The molecular formula is C22H31N3O3. The molecule has 0 unspecified atom stereocenters. The van der Waals surface area contributed by atoms with E-state index in [4.69, 9.17) is 0 Å². The van der Waals surface area contributed by atoms with E-state index in [0.29, 0.717) is 18.2 Å². The smallest absolute Gasteiger partial charge is 0.275 e. The normalized spacial score (nSPS) is 22.4. The van der Waals surface area contributed by atoms with Crippen LogP contribution in [0.25, 0.3) is 10.8 Å². The lowest BCUT2D eigenvalue weighted by atomic mass is 9.77. The van der Waals surface area contributed by atoms with E-state index in [2.05, 4.69) is 37.3 Å². The Hall–Kier alpha value is -2.21. The van der Waals surface area contributed by atoms with Crippen molar-refractivity contribution in [2.75, 3.05) is 0 Å². The van der Waals surface area contributed by atoms with Gasteiger partial charge in [-0.3, -0.25) is 9.59 Å². The van der Waals surface area contributed by atoms with Crippen LogP contribution in [0.1, 0.15) is 71.6 Å². The van der Waals surface area contributed by atoms with Crippen LogP contribution < -0.4 is 10.9 Å². The summed E-state index contributed by atoms with van der Waals surface area (Å²) >= 11 is 0. The predicted octanol–water partition coefficient (Wildman–Crippen LogP) is 2.85. The third-order valence-electron chi connectivity index (χ3n) is 5.43. The maximum atomic E-state index is 13.0. The number of carbonyl (C=O) groups excluding carboxylic acids is 1. The first-order valence-electron chi connectivity index (χ1n) is 9.94. The van der Waals surface area contributed by atoms with Crippen molar-refractivity contribution in [1.29, 1.82) is 0 Å². The number of nitrogens with one attached hydrogen (secondary N) is 1. The van der Waals surface area contributed by atoms with Crippen molar-refractivity contribution in [3.05, 3.63) is 39.8 Å². The summed E-state index contributed by atoms with van der Waals surface area (Å²) < 4.78 is 1.26. The van der Waals surface area contributed by atoms with Gasteiger partial charge in [-0.05, 0) is 48.8 Å². The van der Waals surface area contributed by atoms with E-state index in [0.717, 1.165) is 16.6 Å². The van der Waals surface area contributed by atoms with Crippen LogP contribution in [0.4, 0.5) is 0 Å². The molecule has 0 aliphatic heterocycles. The van der Waals surface area contributed by atoms with Gasteiger partial charge in [-0.15, -0.1) is 0 Å². The maximum Gasteiger partial charge on any atom is 0.275 e. The summed E-state index contributed by atoms with van der Waals surface area (Å²) in [7, 11) is 0. The van der Waals surface area contributed by atoms with E-state index in [1.165, 1.54) is 4.68 Å². The summed E-state index contributed by atoms with van der Waals surface area (Å²) in [6.45, 7) is 12.1. The molecule has 0 bridgehead atoms. The number of hydrogen-bond donors (Lipinski definition) is 2. The number of carbonyl (C=O) groups is 1. The third kappa shape index (κ3) is 4.12. The van der Waals surface area contributed by atoms with Crippen LogP contribution in [0.5, 0.6) is 0 Å². The van der Waals surface area contributed by atoms with Gasteiger partial charge in [0.15, 0.2) is 0 Å². The number of rotatable bonds is 4. The summed E-state index contributed by atoms with van der Waals surface area (Å²) in [6, 6.07) is 5.84. The van der Waals surface area contributed by atoms with Crippen LogP contribution in [0.3, 0.4) is 0 Å². The highest BCUT2D eigenvalue weighted by atomic mass is 16.3. The zero-order chi connectivity index (χ0) is 20.9. The van der Waals surface area contributed by atoms with Crippen LogP contribution >= 0.6 is 0 Å². The molecule has 2 N–H and O–H groups in total. The fourth-order valence-corrected chi connectivity index (χ4v) is 3.82. The molecule has 1 amide bonds. The fraction of sp³-hybridized carbons (Fsp3) is 0.591. The van der Waals surface area contributed by atoms with E-state index >= 15 is 0 Å². The lowest BCUT2D eigenvalue weighted by Gasteiger charge is -2.41. The van der Waals surface area contributed by atoms with Gasteiger partial charge in [-0.2, -0.15) is 5.10 Å². The third-order valence-corrected chi connectivity index (χ3v) is 5.43. The van der Waals surface area contributed by atoms with Crippen molar-refractivity contribution >= 4 is 16.7 Å². The molecule has 0 radical (unpaired) electrons. The lowest BCUT2D eigenvalue weighted by molar-refractivity contribution is -0.125. The molecule has 1 aliphatic rings. The number of hydrogen-bond acceptors (Lipinski definition) is 4. The van der Waals surface area contributed by atoms with Gasteiger partial charge < -0.3 is 10.4 Å². The van der Waals surface area contributed by atoms with E-state index in [1.807, 2.05) is 26.0 Å². The molecular weight excluding hydrogens is 354 g/mol. The first kappa shape index (κ1) is 20.5. The standard InChI is InChI=1S/C22H31N3O3/c1-13(2)19-17-9-14(21(3,4)5)7-8-16(17)20(27)25(24-19)12-18(26)23-15-10-22(6,28)11-15/h7-9,13,15,28H,10-12H2,1-6H3,(H,23,26)/t15-,22+. The summed E-state index contributed by atoms with van der Waals surface area (Å²) in [5, 5.41) is 18.7. The average molecular weight is 386 g/mol. The summed E-state index contributed by atoms with van der Waals surface area (Å²) in [4.78, 5) is 25.3. The molecule has 6 nitrogen and oxygen atoms in total. The summed E-state index contributed by atoms with van der Waals surface area (Å²) in [6.07, 6.45) is 1.07. The molecule has 1 fully saturated rings. The topological polar surface area (TPSA) is 84.2 Å². The predicted molar refractivity (Wildman–Crippen MR) is 111 cm³/mol. The molecule has 28 heavy (non-hydrogen) atoms. The highest BCUT2D eigenvalue weighted by molar-refractivity contribution is 5.85. The van der Waals surface area contributed by atoms with Crippen LogP contribution in [0.15, 0.2) is 23.0 Å². The van der Waals surface area contributed by atoms with Crippen molar-refractivity contribution in [3.8, 4) is 0 Å². The minimum Gasteiger partial charge on any atom is -0.390 e. The van der Waals surface area contributed by atoms with Crippen molar-refractivity contribution in [2.45, 2.75) is 83.9 Å². The SMILES string of the molecule is CC(C)c1nn(CC(=O)N[C@H]2C[C@@](C)(O)C2)c(=O)c2ccc(C(C)(C)C)cc12. The second kappa shape index (κ2) is 6.99. The van der Waals surface area contributed by atoms with Crippen LogP contribution in [0.2, 0.25) is 0 Å². The number of aliphatic hydroxyl groups is 1. The Bertz CT molecular complexity index is 959. The average Bonchev–Trinajstić information content (AvgIpc) is 2.54. The number of nitrogens with zero attached hydrogens (tertiary/aromatic N) is 2. The van der Waals surface area contributed by atoms with Crippen LogP contribution in [0, 0.1) is 0 Å². The monoisotopic (exact) mass is 385 g/mol. The Balaban J connectivity index is 1.94. The van der Waals surface area contributed by atoms with Crippen molar-refractivity contribution < 1.29 is 9.90 Å². The minimum absolute atomic E-state index is 0.0266. The van der Waals surface area contributed by atoms with Crippen molar-refractivity contribution in [1.82, 2.24) is 15.1 Å². The Morgan fingerprint density at radius 2 is 1.96 bits per heavy atom. The molecule has 1 saturated carbocycles. The van der Waals surface area contributed by atoms with Crippen molar-refractivity contribution in [3.63, 3.8) is 0 Å². The van der Waals surface area contributed by atoms with Gasteiger partial charge in [0.2, 0.25) is 5.91 Å². The number of fused-ring (bicyclic) bond motifs is 1. The molecule has 2 aromatic rings. The zero-order valence-corrected chi connectivity index (χ0v) is 17.7. The highest BCUT2D eigenvalue weighted by Crippen LogP contribution is 2.31. The molecule has 1 aromatic heterocycles. The second-order valence-corrected chi connectivity index (χ2v) is 9.68. The molecule has 1 heterocycles.